The summed E-state index contributed by atoms with van der Waals surface area (Å²) in [5.74, 6) is 0. The molecule has 1 aromatic carbocycles. The summed E-state index contributed by atoms with van der Waals surface area (Å²) in [5.41, 5.74) is 0.879. The standard InChI is InChI=1S/C15H26NO4P/c1-5-15(14-10-7-6-8-11-14)20-21(17,18)19-13-9-12-16(2,3)4/h6-8,10-11,15H,5,9,12-13H2,1-4H3/p+1. The van der Waals surface area contributed by atoms with Gasteiger partial charge in [-0.15, -0.1) is 0 Å². The van der Waals surface area contributed by atoms with Gasteiger partial charge in [-0.25, -0.2) is 4.57 Å². The fourth-order valence-electron chi connectivity index (χ4n) is 1.95. The number of hydrogen-bond acceptors (Lipinski definition) is 3. The normalized spacial score (nSPS) is 16.4. The first-order valence-electron chi connectivity index (χ1n) is 7.24. The fraction of sp³-hybridized carbons (Fsp3) is 0.600. The Hall–Kier alpha value is -0.710. The monoisotopic (exact) mass is 316 g/mol. The molecule has 0 aromatic heterocycles. The molecule has 0 radical (unpaired) electrons. The third kappa shape index (κ3) is 7.74. The summed E-state index contributed by atoms with van der Waals surface area (Å²) in [5, 5.41) is 0. The molecule has 5 nitrogen and oxygen atoms in total. The van der Waals surface area contributed by atoms with Crippen molar-refractivity contribution in [3.63, 3.8) is 0 Å². The third-order valence-electron chi connectivity index (χ3n) is 3.03. The number of phosphoric acid groups is 1. The molecule has 0 saturated carbocycles. The Labute approximate surface area is 127 Å². The minimum atomic E-state index is -4.02. The van der Waals surface area contributed by atoms with Crippen molar-refractivity contribution in [2.24, 2.45) is 0 Å². The second-order valence-corrected chi connectivity index (χ2v) is 7.49. The van der Waals surface area contributed by atoms with E-state index in [9.17, 15) is 9.46 Å². The molecule has 0 aliphatic heterocycles. The highest BCUT2D eigenvalue weighted by Gasteiger charge is 2.26. The van der Waals surface area contributed by atoms with Crippen LogP contribution in [0.3, 0.4) is 0 Å². The van der Waals surface area contributed by atoms with Crippen LogP contribution < -0.4 is 0 Å². The summed E-state index contributed by atoms with van der Waals surface area (Å²) >= 11 is 0. The highest BCUT2D eigenvalue weighted by atomic mass is 31.2. The molecule has 0 heterocycles. The van der Waals surface area contributed by atoms with E-state index in [-0.39, 0.29) is 6.61 Å². The summed E-state index contributed by atoms with van der Waals surface area (Å²) in [4.78, 5) is 9.81. The van der Waals surface area contributed by atoms with E-state index in [1.807, 2.05) is 37.3 Å². The van der Waals surface area contributed by atoms with Gasteiger partial charge < -0.3 is 9.38 Å². The molecule has 0 bridgehead atoms. The molecule has 1 aromatic rings. The lowest BCUT2D eigenvalue weighted by Crippen LogP contribution is -2.35. The zero-order valence-electron chi connectivity index (χ0n) is 13.4. The number of quaternary nitrogens is 1. The summed E-state index contributed by atoms with van der Waals surface area (Å²) < 4.78 is 23.1. The van der Waals surface area contributed by atoms with Gasteiger partial charge in [-0.2, -0.15) is 0 Å². The predicted molar refractivity (Wildman–Crippen MR) is 83.9 cm³/mol. The second kappa shape index (κ2) is 8.06. The summed E-state index contributed by atoms with van der Waals surface area (Å²) in [6, 6.07) is 9.42. The maximum absolute atomic E-state index is 12.0. The lowest BCUT2D eigenvalue weighted by Gasteiger charge is -2.24. The topological polar surface area (TPSA) is 55.8 Å². The van der Waals surface area contributed by atoms with E-state index in [1.165, 1.54) is 0 Å². The van der Waals surface area contributed by atoms with E-state index >= 15 is 0 Å². The van der Waals surface area contributed by atoms with Crippen molar-refractivity contribution in [2.75, 3.05) is 34.3 Å². The molecule has 2 unspecified atom stereocenters. The maximum Gasteiger partial charge on any atom is 0.472 e. The Morgan fingerprint density at radius 1 is 1.24 bits per heavy atom. The zero-order chi connectivity index (χ0) is 15.9. The highest BCUT2D eigenvalue weighted by Crippen LogP contribution is 2.48. The largest absolute Gasteiger partial charge is 0.472 e. The molecular formula is C15H27NO4P+. The Kier molecular flexibility index (Phi) is 7.04. The smallest absolute Gasteiger partial charge is 0.331 e. The van der Waals surface area contributed by atoms with E-state index in [0.29, 0.717) is 12.8 Å². The van der Waals surface area contributed by atoms with Crippen LogP contribution in [0.25, 0.3) is 0 Å². The van der Waals surface area contributed by atoms with Gasteiger partial charge in [-0.05, 0) is 12.0 Å². The van der Waals surface area contributed by atoms with Crippen molar-refractivity contribution < 1.29 is 23.0 Å². The van der Waals surface area contributed by atoms with Gasteiger partial charge in [0.15, 0.2) is 0 Å². The predicted octanol–water partition coefficient (Wildman–Crippen LogP) is 3.37. The molecule has 0 amide bonds. The van der Waals surface area contributed by atoms with Crippen LogP contribution in [-0.4, -0.2) is 43.7 Å². The van der Waals surface area contributed by atoms with Crippen LogP contribution >= 0.6 is 7.82 Å². The number of phosphoric ester groups is 1. The van der Waals surface area contributed by atoms with E-state index in [1.54, 1.807) is 0 Å². The van der Waals surface area contributed by atoms with Gasteiger partial charge in [0, 0.05) is 6.42 Å². The Morgan fingerprint density at radius 3 is 2.38 bits per heavy atom. The van der Waals surface area contributed by atoms with Crippen molar-refractivity contribution in [3.05, 3.63) is 35.9 Å². The van der Waals surface area contributed by atoms with Gasteiger partial charge >= 0.3 is 7.82 Å². The Balaban J connectivity index is 2.49. The molecule has 6 heteroatoms. The lowest BCUT2D eigenvalue weighted by atomic mass is 10.1. The SMILES string of the molecule is CCC(OP(=O)(O)OCCC[N+](C)(C)C)c1ccccc1. The first-order chi connectivity index (χ1) is 9.73. The van der Waals surface area contributed by atoms with Crippen molar-refractivity contribution in [1.82, 2.24) is 0 Å². The first kappa shape index (κ1) is 18.3. The number of benzene rings is 1. The van der Waals surface area contributed by atoms with Gasteiger partial charge in [0.1, 0.15) is 0 Å². The molecule has 120 valence electrons. The molecule has 0 aliphatic carbocycles. The minimum Gasteiger partial charge on any atom is -0.331 e. The van der Waals surface area contributed by atoms with Crippen molar-refractivity contribution in [1.29, 1.82) is 0 Å². The quantitative estimate of drug-likeness (QED) is 0.431. The molecule has 0 aliphatic rings. The van der Waals surface area contributed by atoms with Crippen molar-refractivity contribution in [3.8, 4) is 0 Å². The van der Waals surface area contributed by atoms with E-state index in [2.05, 4.69) is 21.1 Å². The highest BCUT2D eigenvalue weighted by molar-refractivity contribution is 7.47. The second-order valence-electron chi connectivity index (χ2n) is 6.08. The Bertz CT molecular complexity index is 458. The molecule has 0 saturated heterocycles. The van der Waals surface area contributed by atoms with Crippen LogP contribution in [0.4, 0.5) is 0 Å². The van der Waals surface area contributed by atoms with Crippen molar-refractivity contribution in [2.45, 2.75) is 25.9 Å². The molecule has 21 heavy (non-hydrogen) atoms. The average molecular weight is 316 g/mol. The summed E-state index contributed by atoms with van der Waals surface area (Å²) in [6.07, 6.45) is 0.886. The average Bonchev–Trinajstić information content (AvgIpc) is 2.41. The van der Waals surface area contributed by atoms with Crippen LogP contribution in [0.2, 0.25) is 0 Å². The van der Waals surface area contributed by atoms with Crippen LogP contribution in [0.1, 0.15) is 31.4 Å². The zero-order valence-corrected chi connectivity index (χ0v) is 14.3. The number of hydrogen-bond donors (Lipinski definition) is 1. The molecule has 1 rings (SSSR count). The molecule has 1 N–H and O–H groups in total. The maximum atomic E-state index is 12.0. The first-order valence-corrected chi connectivity index (χ1v) is 8.74. The number of nitrogens with zero attached hydrogens (tertiary/aromatic N) is 1. The van der Waals surface area contributed by atoms with Gasteiger partial charge in [0.25, 0.3) is 0 Å². The van der Waals surface area contributed by atoms with E-state index in [0.717, 1.165) is 16.6 Å². The van der Waals surface area contributed by atoms with Gasteiger partial charge in [-0.1, -0.05) is 37.3 Å². The molecular weight excluding hydrogens is 289 g/mol. The van der Waals surface area contributed by atoms with Gasteiger partial charge in [0.05, 0.1) is 40.4 Å². The fourth-order valence-corrected chi connectivity index (χ4v) is 2.96. The van der Waals surface area contributed by atoms with Gasteiger partial charge in [0.2, 0.25) is 0 Å². The van der Waals surface area contributed by atoms with E-state index in [4.69, 9.17) is 9.05 Å². The molecule has 0 spiro atoms. The van der Waals surface area contributed by atoms with Crippen LogP contribution in [0.15, 0.2) is 30.3 Å². The van der Waals surface area contributed by atoms with Crippen LogP contribution in [0.5, 0.6) is 0 Å². The lowest BCUT2D eigenvalue weighted by molar-refractivity contribution is -0.870. The van der Waals surface area contributed by atoms with Crippen LogP contribution in [-0.2, 0) is 13.6 Å². The number of rotatable bonds is 9. The third-order valence-corrected chi connectivity index (χ3v) is 4.06. The summed E-state index contributed by atoms with van der Waals surface area (Å²) in [6.45, 7) is 3.00. The van der Waals surface area contributed by atoms with E-state index < -0.39 is 13.9 Å². The summed E-state index contributed by atoms with van der Waals surface area (Å²) in [7, 11) is 2.18. The van der Waals surface area contributed by atoms with Gasteiger partial charge in [-0.3, -0.25) is 9.05 Å². The molecule has 0 fully saturated rings. The van der Waals surface area contributed by atoms with Crippen LogP contribution in [0, 0.1) is 0 Å². The minimum absolute atomic E-state index is 0.217. The van der Waals surface area contributed by atoms with Crippen molar-refractivity contribution >= 4 is 7.82 Å². The Morgan fingerprint density at radius 2 is 1.86 bits per heavy atom. The molecule has 2 atom stereocenters.